The van der Waals surface area contributed by atoms with Gasteiger partial charge in [-0.2, -0.15) is 5.10 Å². The minimum Gasteiger partial charge on any atom is -0.314 e. The molecule has 1 atom stereocenters. The summed E-state index contributed by atoms with van der Waals surface area (Å²) < 4.78 is 1.92. The molecule has 1 heterocycles. The van der Waals surface area contributed by atoms with Crippen molar-refractivity contribution in [2.75, 3.05) is 7.05 Å². The van der Waals surface area contributed by atoms with E-state index in [2.05, 4.69) is 36.4 Å². The number of rotatable bonds is 3. The summed E-state index contributed by atoms with van der Waals surface area (Å²) in [6.45, 7) is 6.25. The lowest BCUT2D eigenvalue weighted by Crippen LogP contribution is -2.17. The van der Waals surface area contributed by atoms with Crippen molar-refractivity contribution in [2.24, 2.45) is 7.05 Å². The molecule has 0 bridgehead atoms. The van der Waals surface area contributed by atoms with Crippen molar-refractivity contribution in [1.82, 2.24) is 15.1 Å². The Morgan fingerprint density at radius 1 is 1.43 bits per heavy atom. The zero-order chi connectivity index (χ0) is 10.7. The van der Waals surface area contributed by atoms with Gasteiger partial charge in [0.2, 0.25) is 0 Å². The van der Waals surface area contributed by atoms with Crippen molar-refractivity contribution in [3.8, 4) is 0 Å². The van der Waals surface area contributed by atoms with Gasteiger partial charge in [-0.1, -0.05) is 12.2 Å². The van der Waals surface area contributed by atoms with Gasteiger partial charge in [0.05, 0.1) is 5.69 Å². The van der Waals surface area contributed by atoms with Crippen molar-refractivity contribution >= 4 is 6.08 Å². The average molecular weight is 193 g/mol. The van der Waals surface area contributed by atoms with Gasteiger partial charge in [0, 0.05) is 24.3 Å². The first-order valence-electron chi connectivity index (χ1n) is 4.92. The lowest BCUT2D eigenvalue weighted by Gasteiger charge is -2.02. The Morgan fingerprint density at radius 3 is 2.50 bits per heavy atom. The molecular formula is C11H19N3. The number of nitrogens with one attached hydrogen (secondary N) is 1. The highest BCUT2D eigenvalue weighted by Gasteiger charge is 2.05. The van der Waals surface area contributed by atoms with Crippen LogP contribution in [0.2, 0.25) is 0 Å². The average Bonchev–Trinajstić information content (AvgIpc) is 2.39. The van der Waals surface area contributed by atoms with E-state index in [1.54, 1.807) is 0 Å². The third kappa shape index (κ3) is 2.23. The van der Waals surface area contributed by atoms with Crippen LogP contribution in [0.15, 0.2) is 6.08 Å². The summed E-state index contributed by atoms with van der Waals surface area (Å²) in [5, 5.41) is 7.53. The Kier molecular flexibility index (Phi) is 3.47. The highest BCUT2D eigenvalue weighted by Crippen LogP contribution is 2.13. The molecule has 0 aliphatic heterocycles. The third-order valence-corrected chi connectivity index (χ3v) is 2.57. The molecule has 1 rings (SSSR count). The molecule has 0 radical (unpaired) electrons. The van der Waals surface area contributed by atoms with E-state index in [-0.39, 0.29) is 0 Å². The summed E-state index contributed by atoms with van der Waals surface area (Å²) in [5.41, 5.74) is 3.53. The standard InChI is InChI=1S/C11H19N3/c1-8(12-4)6-7-11-9(2)13-14(5)10(11)3/h6-8,12H,1-5H3/b7-6+. The minimum absolute atomic E-state index is 0.397. The summed E-state index contributed by atoms with van der Waals surface area (Å²) in [5.74, 6) is 0. The van der Waals surface area contributed by atoms with E-state index in [1.165, 1.54) is 11.3 Å². The van der Waals surface area contributed by atoms with E-state index < -0.39 is 0 Å². The quantitative estimate of drug-likeness (QED) is 0.791. The van der Waals surface area contributed by atoms with Crippen LogP contribution in [0.1, 0.15) is 23.9 Å². The van der Waals surface area contributed by atoms with Gasteiger partial charge < -0.3 is 5.32 Å². The summed E-state index contributed by atoms with van der Waals surface area (Å²) >= 11 is 0. The predicted octanol–water partition coefficient (Wildman–Crippen LogP) is 1.66. The maximum absolute atomic E-state index is 4.36. The Labute approximate surface area is 85.8 Å². The Balaban J connectivity index is 2.91. The second-order valence-electron chi connectivity index (χ2n) is 3.64. The van der Waals surface area contributed by atoms with E-state index in [1.807, 2.05) is 25.7 Å². The molecule has 0 aliphatic rings. The molecule has 1 aromatic rings. The molecule has 14 heavy (non-hydrogen) atoms. The SMILES string of the molecule is CNC(C)/C=C/c1c(C)nn(C)c1C. The van der Waals surface area contributed by atoms with Crippen LogP contribution in [0, 0.1) is 13.8 Å². The molecule has 0 aliphatic carbocycles. The van der Waals surface area contributed by atoms with Crippen molar-refractivity contribution in [1.29, 1.82) is 0 Å². The monoisotopic (exact) mass is 193 g/mol. The van der Waals surface area contributed by atoms with Gasteiger partial charge in [-0.15, -0.1) is 0 Å². The van der Waals surface area contributed by atoms with Gasteiger partial charge >= 0.3 is 0 Å². The van der Waals surface area contributed by atoms with Crippen LogP contribution in [0.25, 0.3) is 6.08 Å². The molecule has 1 N–H and O–H groups in total. The third-order valence-electron chi connectivity index (χ3n) is 2.57. The van der Waals surface area contributed by atoms with Gasteiger partial charge in [0.25, 0.3) is 0 Å². The Morgan fingerprint density at radius 2 is 2.07 bits per heavy atom. The summed E-state index contributed by atoms with van der Waals surface area (Å²) in [6, 6.07) is 0.397. The van der Waals surface area contributed by atoms with Crippen molar-refractivity contribution < 1.29 is 0 Å². The number of hydrogen-bond acceptors (Lipinski definition) is 2. The molecule has 1 aromatic heterocycles. The highest BCUT2D eigenvalue weighted by atomic mass is 15.3. The molecule has 0 saturated heterocycles. The zero-order valence-corrected chi connectivity index (χ0v) is 9.63. The fraction of sp³-hybridized carbons (Fsp3) is 0.545. The van der Waals surface area contributed by atoms with Crippen LogP contribution in [0.4, 0.5) is 0 Å². The van der Waals surface area contributed by atoms with Crippen LogP contribution >= 0.6 is 0 Å². The number of nitrogens with zero attached hydrogens (tertiary/aromatic N) is 2. The first-order valence-corrected chi connectivity index (χ1v) is 4.92. The molecule has 0 saturated carbocycles. The molecule has 0 aromatic carbocycles. The van der Waals surface area contributed by atoms with E-state index in [0.717, 1.165) is 5.69 Å². The fourth-order valence-corrected chi connectivity index (χ4v) is 1.37. The first kappa shape index (κ1) is 11.0. The molecule has 0 spiro atoms. The van der Waals surface area contributed by atoms with Gasteiger partial charge in [-0.05, 0) is 27.8 Å². The molecule has 0 amide bonds. The maximum atomic E-state index is 4.36. The number of likely N-dealkylation sites (N-methyl/N-ethyl adjacent to an activating group) is 1. The van der Waals surface area contributed by atoms with E-state index >= 15 is 0 Å². The van der Waals surface area contributed by atoms with Crippen LogP contribution in [-0.2, 0) is 7.05 Å². The van der Waals surface area contributed by atoms with Crippen molar-refractivity contribution in [3.63, 3.8) is 0 Å². The first-order chi connectivity index (χ1) is 6.56. The number of aromatic nitrogens is 2. The molecule has 78 valence electrons. The van der Waals surface area contributed by atoms with Crippen LogP contribution in [0.5, 0.6) is 0 Å². The highest BCUT2D eigenvalue weighted by molar-refractivity contribution is 5.54. The van der Waals surface area contributed by atoms with E-state index in [9.17, 15) is 0 Å². The molecular weight excluding hydrogens is 174 g/mol. The Hall–Kier alpha value is -1.09. The molecule has 3 heteroatoms. The van der Waals surface area contributed by atoms with Crippen LogP contribution < -0.4 is 5.32 Å². The van der Waals surface area contributed by atoms with Gasteiger partial charge in [-0.3, -0.25) is 4.68 Å². The van der Waals surface area contributed by atoms with Gasteiger partial charge in [0.1, 0.15) is 0 Å². The molecule has 0 fully saturated rings. The van der Waals surface area contributed by atoms with E-state index in [4.69, 9.17) is 0 Å². The predicted molar refractivity (Wildman–Crippen MR) is 60.2 cm³/mol. The van der Waals surface area contributed by atoms with E-state index in [0.29, 0.717) is 6.04 Å². The summed E-state index contributed by atoms with van der Waals surface area (Å²) in [7, 11) is 3.93. The summed E-state index contributed by atoms with van der Waals surface area (Å²) in [4.78, 5) is 0. The maximum Gasteiger partial charge on any atom is 0.0668 e. The largest absolute Gasteiger partial charge is 0.314 e. The van der Waals surface area contributed by atoms with Crippen LogP contribution in [-0.4, -0.2) is 22.9 Å². The lowest BCUT2D eigenvalue weighted by atomic mass is 10.1. The van der Waals surface area contributed by atoms with Crippen LogP contribution in [0.3, 0.4) is 0 Å². The van der Waals surface area contributed by atoms with Gasteiger partial charge in [0.15, 0.2) is 0 Å². The normalized spacial score (nSPS) is 13.8. The smallest absolute Gasteiger partial charge is 0.0668 e. The summed E-state index contributed by atoms with van der Waals surface area (Å²) in [6.07, 6.45) is 4.29. The number of aryl methyl sites for hydroxylation is 2. The molecule has 3 nitrogen and oxygen atoms in total. The topological polar surface area (TPSA) is 29.9 Å². The second-order valence-corrected chi connectivity index (χ2v) is 3.64. The van der Waals surface area contributed by atoms with Crippen molar-refractivity contribution in [3.05, 3.63) is 23.0 Å². The Bertz CT molecular complexity index is 337. The number of hydrogen-bond donors (Lipinski definition) is 1. The van der Waals surface area contributed by atoms with Crippen molar-refractivity contribution in [2.45, 2.75) is 26.8 Å². The minimum atomic E-state index is 0.397. The zero-order valence-electron chi connectivity index (χ0n) is 9.63. The fourth-order valence-electron chi connectivity index (χ4n) is 1.37. The molecule has 1 unspecified atom stereocenters. The lowest BCUT2D eigenvalue weighted by molar-refractivity contribution is 0.730. The second kappa shape index (κ2) is 4.42. The van der Waals surface area contributed by atoms with Gasteiger partial charge in [-0.25, -0.2) is 0 Å².